The van der Waals surface area contributed by atoms with Gasteiger partial charge in [0.15, 0.2) is 0 Å². The summed E-state index contributed by atoms with van der Waals surface area (Å²) in [6, 6.07) is 46.1. The maximum atomic E-state index is 15.1. The number of hydrogen-bond donors (Lipinski definition) is 0. The highest BCUT2D eigenvalue weighted by atomic mass is 35.5. The van der Waals surface area contributed by atoms with Gasteiger partial charge < -0.3 is 4.74 Å². The number of para-hydroxylation sites is 1. The summed E-state index contributed by atoms with van der Waals surface area (Å²) in [7, 11) is 0. The molecule has 2 aliphatic rings. The van der Waals surface area contributed by atoms with E-state index in [1.54, 1.807) is 11.8 Å². The highest BCUT2D eigenvalue weighted by Crippen LogP contribution is 2.58. The highest BCUT2D eigenvalue weighted by molar-refractivity contribution is 7.99. The van der Waals surface area contributed by atoms with Crippen LogP contribution in [0.4, 0.5) is 5.69 Å². The summed E-state index contributed by atoms with van der Waals surface area (Å²) in [5.41, 5.74) is 4.01. The maximum Gasteiger partial charge on any atom is 0.266 e. The Hall–Kier alpha value is -4.25. The number of anilines is 1. The molecule has 1 amide bonds. The Morgan fingerprint density at radius 2 is 1.29 bits per heavy atom. The summed E-state index contributed by atoms with van der Waals surface area (Å²) >= 11 is 8.04. The third-order valence-corrected chi connectivity index (χ3v) is 9.25. The highest BCUT2D eigenvalue weighted by Gasteiger charge is 2.54. The SMILES string of the molecule is O=C1C(c2ccccc2)=C(c2ccccc2)O[C@]2(c3ccccc3)C[C@@H](c3ccc(Cl)cc3)Sc3ccccc3N12. The third-order valence-electron chi connectivity index (χ3n) is 7.68. The van der Waals surface area contributed by atoms with E-state index in [1.165, 1.54) is 0 Å². The normalized spacial score (nSPS) is 20.1. The molecule has 2 aliphatic heterocycles. The van der Waals surface area contributed by atoms with Gasteiger partial charge in [-0.15, -0.1) is 11.8 Å². The van der Waals surface area contributed by atoms with Crippen molar-refractivity contribution in [1.29, 1.82) is 0 Å². The number of carbonyl (C=O) groups is 1. The second-order valence-electron chi connectivity index (χ2n) is 10.2. The van der Waals surface area contributed by atoms with E-state index in [0.29, 0.717) is 22.8 Å². The van der Waals surface area contributed by atoms with Crippen LogP contribution in [0.15, 0.2) is 144 Å². The lowest BCUT2D eigenvalue weighted by molar-refractivity contribution is -0.120. The molecule has 2 heterocycles. The monoisotopic (exact) mass is 571 g/mol. The van der Waals surface area contributed by atoms with E-state index in [2.05, 4.69) is 30.3 Å². The molecule has 0 aromatic heterocycles. The maximum absolute atomic E-state index is 15.1. The first-order valence-electron chi connectivity index (χ1n) is 13.6. The van der Waals surface area contributed by atoms with E-state index >= 15 is 4.79 Å². The number of nitrogens with zero attached hydrogens (tertiary/aromatic N) is 1. The van der Waals surface area contributed by atoms with Gasteiger partial charge in [-0.1, -0.05) is 127 Å². The van der Waals surface area contributed by atoms with Gasteiger partial charge in [-0.3, -0.25) is 9.69 Å². The fraction of sp³-hybridized carbons (Fsp3) is 0.0833. The van der Waals surface area contributed by atoms with E-state index in [4.69, 9.17) is 16.3 Å². The van der Waals surface area contributed by atoms with E-state index in [-0.39, 0.29) is 11.2 Å². The van der Waals surface area contributed by atoms with Crippen molar-refractivity contribution in [1.82, 2.24) is 0 Å². The molecular formula is C36H26ClNO2S. The van der Waals surface area contributed by atoms with Crippen molar-refractivity contribution >= 4 is 46.3 Å². The Balaban J connectivity index is 1.54. The number of carbonyl (C=O) groups excluding carboxylic acids is 1. The van der Waals surface area contributed by atoms with E-state index in [0.717, 1.165) is 32.8 Å². The van der Waals surface area contributed by atoms with Crippen molar-refractivity contribution in [3.63, 3.8) is 0 Å². The van der Waals surface area contributed by atoms with Gasteiger partial charge in [0.25, 0.3) is 5.91 Å². The van der Waals surface area contributed by atoms with Gasteiger partial charge in [0.05, 0.1) is 11.3 Å². The minimum Gasteiger partial charge on any atom is -0.462 e. The molecular weight excluding hydrogens is 546 g/mol. The predicted octanol–water partition coefficient (Wildman–Crippen LogP) is 9.36. The van der Waals surface area contributed by atoms with Crippen LogP contribution in [-0.2, 0) is 15.3 Å². The molecule has 41 heavy (non-hydrogen) atoms. The lowest BCUT2D eigenvalue weighted by Crippen LogP contribution is -2.55. The van der Waals surface area contributed by atoms with Gasteiger partial charge in [0.2, 0.25) is 5.72 Å². The Bertz CT molecular complexity index is 1740. The number of amides is 1. The summed E-state index contributed by atoms with van der Waals surface area (Å²) in [5.74, 6) is 0.496. The molecule has 0 N–H and O–H groups in total. The smallest absolute Gasteiger partial charge is 0.266 e. The minimum absolute atomic E-state index is 0.0123. The summed E-state index contributed by atoms with van der Waals surface area (Å²) in [6.07, 6.45) is 0.530. The Morgan fingerprint density at radius 1 is 0.707 bits per heavy atom. The lowest BCUT2D eigenvalue weighted by Gasteiger charge is -2.48. The van der Waals surface area contributed by atoms with Crippen LogP contribution in [0.2, 0.25) is 5.02 Å². The van der Waals surface area contributed by atoms with Crippen LogP contribution in [0.5, 0.6) is 0 Å². The Kier molecular flexibility index (Phi) is 6.66. The number of ether oxygens (including phenoxy) is 1. The van der Waals surface area contributed by atoms with E-state index < -0.39 is 5.72 Å². The topological polar surface area (TPSA) is 29.5 Å². The molecule has 0 saturated carbocycles. The van der Waals surface area contributed by atoms with Crippen LogP contribution in [0, 0.1) is 0 Å². The summed E-state index contributed by atoms with van der Waals surface area (Å²) in [4.78, 5) is 18.0. The van der Waals surface area contributed by atoms with Crippen LogP contribution in [-0.4, -0.2) is 5.91 Å². The van der Waals surface area contributed by atoms with Crippen LogP contribution >= 0.6 is 23.4 Å². The summed E-state index contributed by atoms with van der Waals surface area (Å²) < 4.78 is 7.35. The second kappa shape index (κ2) is 10.6. The molecule has 3 nitrogen and oxygen atoms in total. The number of thioether (sulfide) groups is 1. The standard InChI is InChI=1S/C36H26ClNO2S/c37-29-22-20-25(21-23-29)32-24-36(28-16-8-3-9-17-28)38(30-18-10-11-19-31(30)41-32)35(39)33(26-12-4-1-5-13-26)34(40-36)27-14-6-2-7-15-27/h1-23,32H,24H2/t32-,36-/m0/s1. The van der Waals surface area contributed by atoms with Gasteiger partial charge in [0, 0.05) is 32.7 Å². The van der Waals surface area contributed by atoms with Crippen LogP contribution in [0.1, 0.15) is 33.9 Å². The molecule has 0 fully saturated rings. The zero-order valence-electron chi connectivity index (χ0n) is 22.1. The quantitative estimate of drug-likeness (QED) is 0.215. The molecule has 0 radical (unpaired) electrons. The van der Waals surface area contributed by atoms with Crippen molar-refractivity contribution in [2.75, 3.05) is 4.90 Å². The van der Waals surface area contributed by atoms with Crippen LogP contribution in [0.25, 0.3) is 11.3 Å². The van der Waals surface area contributed by atoms with Crippen molar-refractivity contribution in [2.24, 2.45) is 0 Å². The van der Waals surface area contributed by atoms with Crippen molar-refractivity contribution in [3.05, 3.63) is 167 Å². The van der Waals surface area contributed by atoms with Gasteiger partial charge in [-0.2, -0.15) is 0 Å². The number of hydrogen-bond acceptors (Lipinski definition) is 3. The first-order valence-corrected chi connectivity index (χ1v) is 14.9. The summed E-state index contributed by atoms with van der Waals surface area (Å²) in [6.45, 7) is 0. The Morgan fingerprint density at radius 3 is 1.98 bits per heavy atom. The fourth-order valence-electron chi connectivity index (χ4n) is 5.78. The molecule has 7 rings (SSSR count). The van der Waals surface area contributed by atoms with Gasteiger partial charge >= 0.3 is 0 Å². The number of fused-ring (bicyclic) bond motifs is 3. The average Bonchev–Trinajstić information content (AvgIpc) is 3.18. The number of halogens is 1. The third kappa shape index (κ3) is 4.54. The van der Waals surface area contributed by atoms with Crippen LogP contribution in [0.3, 0.4) is 0 Å². The van der Waals surface area contributed by atoms with Crippen molar-refractivity contribution < 1.29 is 9.53 Å². The Labute approximate surface area is 249 Å². The zero-order valence-corrected chi connectivity index (χ0v) is 23.7. The number of rotatable bonds is 4. The first kappa shape index (κ1) is 25.7. The molecule has 5 aromatic rings. The van der Waals surface area contributed by atoms with Gasteiger partial charge in [-0.25, -0.2) is 0 Å². The minimum atomic E-state index is -1.11. The molecule has 200 valence electrons. The molecule has 0 bridgehead atoms. The average molecular weight is 572 g/mol. The predicted molar refractivity (Wildman–Crippen MR) is 167 cm³/mol. The lowest BCUT2D eigenvalue weighted by atomic mass is 9.87. The van der Waals surface area contributed by atoms with Gasteiger partial charge in [0.1, 0.15) is 5.76 Å². The van der Waals surface area contributed by atoms with Crippen LogP contribution < -0.4 is 4.90 Å². The zero-order chi connectivity index (χ0) is 27.8. The largest absolute Gasteiger partial charge is 0.462 e. The number of benzene rings is 5. The van der Waals surface area contributed by atoms with Crippen molar-refractivity contribution in [3.8, 4) is 0 Å². The molecule has 0 unspecified atom stereocenters. The first-order chi connectivity index (χ1) is 20.1. The summed E-state index contributed by atoms with van der Waals surface area (Å²) in [5, 5.41) is 0.680. The fourth-order valence-corrected chi connectivity index (χ4v) is 7.26. The molecule has 0 saturated heterocycles. The molecule has 2 atom stereocenters. The second-order valence-corrected chi connectivity index (χ2v) is 11.8. The molecule has 0 aliphatic carbocycles. The molecule has 0 spiro atoms. The molecule has 5 aromatic carbocycles. The van der Waals surface area contributed by atoms with Gasteiger partial charge in [-0.05, 0) is 35.4 Å². The van der Waals surface area contributed by atoms with E-state index in [9.17, 15) is 0 Å². The molecule has 5 heteroatoms. The van der Waals surface area contributed by atoms with Crippen molar-refractivity contribution in [2.45, 2.75) is 22.3 Å². The van der Waals surface area contributed by atoms with E-state index in [1.807, 2.05) is 114 Å².